The van der Waals surface area contributed by atoms with Gasteiger partial charge in [-0.25, -0.2) is 0 Å². The summed E-state index contributed by atoms with van der Waals surface area (Å²) in [4.78, 5) is 0. The summed E-state index contributed by atoms with van der Waals surface area (Å²) in [6.07, 6.45) is 9.31. The van der Waals surface area contributed by atoms with Crippen LogP contribution in [0.25, 0.3) is 0 Å². The largest absolute Gasteiger partial charge is 0.396 e. The van der Waals surface area contributed by atoms with Crippen molar-refractivity contribution in [2.45, 2.75) is 52.6 Å². The lowest BCUT2D eigenvalue weighted by molar-refractivity contribution is 0.129. The average molecular weight is 226 g/mol. The third kappa shape index (κ3) is 7.66. The van der Waals surface area contributed by atoms with Crippen LogP contribution in [0, 0.1) is 5.92 Å². The number of hydrogen-bond acceptors (Lipinski definition) is 2. The van der Waals surface area contributed by atoms with Crippen LogP contribution in [0.1, 0.15) is 46.5 Å². The molecule has 2 unspecified atom stereocenters. The molecule has 0 bridgehead atoms. The molecule has 16 heavy (non-hydrogen) atoms. The van der Waals surface area contributed by atoms with E-state index in [1.807, 2.05) is 12.2 Å². The van der Waals surface area contributed by atoms with E-state index in [0.29, 0.717) is 6.42 Å². The Labute approximate surface area is 99.7 Å². The first-order valence-corrected chi connectivity index (χ1v) is 6.23. The van der Waals surface area contributed by atoms with Crippen molar-refractivity contribution in [3.05, 3.63) is 23.8 Å². The molecule has 0 aliphatic carbocycles. The van der Waals surface area contributed by atoms with E-state index in [-0.39, 0.29) is 18.6 Å². The van der Waals surface area contributed by atoms with E-state index in [9.17, 15) is 5.11 Å². The highest BCUT2D eigenvalue weighted by atomic mass is 16.3. The fourth-order valence-electron chi connectivity index (χ4n) is 1.52. The minimum absolute atomic E-state index is 0.202. The summed E-state index contributed by atoms with van der Waals surface area (Å²) in [7, 11) is 0. The molecular weight excluding hydrogens is 200 g/mol. The predicted octanol–water partition coefficient (Wildman–Crippen LogP) is 3.06. The van der Waals surface area contributed by atoms with E-state index >= 15 is 0 Å². The van der Waals surface area contributed by atoms with Crippen LogP contribution in [0.4, 0.5) is 0 Å². The molecular formula is C14H26O2. The molecule has 0 aromatic rings. The van der Waals surface area contributed by atoms with Gasteiger partial charge in [-0.3, -0.25) is 0 Å². The van der Waals surface area contributed by atoms with Crippen LogP contribution in [0.2, 0.25) is 0 Å². The molecule has 2 nitrogen and oxygen atoms in total. The SMILES string of the molecule is CC/C(C)=C\C(C)C(O)CCC=CCCO. The fraction of sp³-hybridized carbons (Fsp3) is 0.714. The molecule has 0 aromatic heterocycles. The molecule has 0 aliphatic rings. The van der Waals surface area contributed by atoms with Gasteiger partial charge in [0.05, 0.1) is 6.10 Å². The van der Waals surface area contributed by atoms with Crippen molar-refractivity contribution in [2.24, 2.45) is 5.92 Å². The van der Waals surface area contributed by atoms with E-state index in [0.717, 1.165) is 19.3 Å². The molecule has 0 radical (unpaired) electrons. The highest BCUT2D eigenvalue weighted by Gasteiger charge is 2.10. The van der Waals surface area contributed by atoms with Crippen molar-refractivity contribution in [1.82, 2.24) is 0 Å². The smallest absolute Gasteiger partial charge is 0.0603 e. The fourth-order valence-corrected chi connectivity index (χ4v) is 1.52. The Bertz CT molecular complexity index is 219. The van der Waals surface area contributed by atoms with E-state index in [1.54, 1.807) is 0 Å². The standard InChI is InChI=1S/C14H26O2/c1-4-12(2)11-13(3)14(16)9-7-5-6-8-10-15/h5-6,11,13-16H,4,7-10H2,1-3H3/b6-5?,12-11-. The van der Waals surface area contributed by atoms with E-state index < -0.39 is 0 Å². The van der Waals surface area contributed by atoms with Gasteiger partial charge in [0.1, 0.15) is 0 Å². The highest BCUT2D eigenvalue weighted by Crippen LogP contribution is 2.14. The van der Waals surface area contributed by atoms with Crippen molar-refractivity contribution >= 4 is 0 Å². The maximum absolute atomic E-state index is 9.89. The molecule has 0 fully saturated rings. The summed E-state index contributed by atoms with van der Waals surface area (Å²) in [5.74, 6) is 0.228. The Morgan fingerprint density at radius 2 is 1.88 bits per heavy atom. The molecule has 0 aliphatic heterocycles. The maximum atomic E-state index is 9.89. The monoisotopic (exact) mass is 226 g/mol. The van der Waals surface area contributed by atoms with Crippen molar-refractivity contribution in [3.8, 4) is 0 Å². The molecule has 2 atom stereocenters. The van der Waals surface area contributed by atoms with Gasteiger partial charge in [0.2, 0.25) is 0 Å². The van der Waals surface area contributed by atoms with Crippen molar-refractivity contribution in [2.75, 3.05) is 6.61 Å². The van der Waals surface area contributed by atoms with Gasteiger partial charge in [0.15, 0.2) is 0 Å². The lowest BCUT2D eigenvalue weighted by Crippen LogP contribution is -2.15. The molecule has 0 saturated carbocycles. The molecule has 0 amide bonds. The van der Waals surface area contributed by atoms with E-state index in [2.05, 4.69) is 26.8 Å². The molecule has 0 saturated heterocycles. The van der Waals surface area contributed by atoms with Crippen molar-refractivity contribution in [1.29, 1.82) is 0 Å². The second-order valence-electron chi connectivity index (χ2n) is 4.35. The molecule has 2 N–H and O–H groups in total. The van der Waals surface area contributed by atoms with Gasteiger partial charge in [-0.2, -0.15) is 0 Å². The van der Waals surface area contributed by atoms with Gasteiger partial charge in [0, 0.05) is 12.5 Å². The lowest BCUT2D eigenvalue weighted by Gasteiger charge is -2.15. The van der Waals surface area contributed by atoms with E-state index in [4.69, 9.17) is 5.11 Å². The Morgan fingerprint density at radius 1 is 1.25 bits per heavy atom. The summed E-state index contributed by atoms with van der Waals surface area (Å²) in [6.45, 7) is 6.49. The maximum Gasteiger partial charge on any atom is 0.0603 e. The van der Waals surface area contributed by atoms with Gasteiger partial charge in [0.25, 0.3) is 0 Å². The van der Waals surface area contributed by atoms with Crippen LogP contribution in [0.15, 0.2) is 23.8 Å². The number of allylic oxidation sites excluding steroid dienone is 2. The van der Waals surface area contributed by atoms with Gasteiger partial charge in [-0.1, -0.05) is 37.6 Å². The third-order valence-electron chi connectivity index (χ3n) is 2.80. The summed E-state index contributed by atoms with van der Waals surface area (Å²) in [5, 5.41) is 18.5. The Balaban J connectivity index is 3.83. The van der Waals surface area contributed by atoms with Crippen LogP contribution in [-0.2, 0) is 0 Å². The Hall–Kier alpha value is -0.600. The summed E-state index contributed by atoms with van der Waals surface area (Å²) in [5.41, 5.74) is 1.34. The normalized spacial score (nSPS) is 16.7. The van der Waals surface area contributed by atoms with Gasteiger partial charge in [-0.05, 0) is 32.6 Å². The van der Waals surface area contributed by atoms with Crippen molar-refractivity contribution in [3.63, 3.8) is 0 Å². The average Bonchev–Trinajstić information content (AvgIpc) is 2.28. The Morgan fingerprint density at radius 3 is 2.44 bits per heavy atom. The summed E-state index contributed by atoms with van der Waals surface area (Å²) < 4.78 is 0. The second kappa shape index (κ2) is 9.61. The van der Waals surface area contributed by atoms with Crippen LogP contribution < -0.4 is 0 Å². The number of rotatable bonds is 8. The topological polar surface area (TPSA) is 40.5 Å². The zero-order valence-corrected chi connectivity index (χ0v) is 10.8. The van der Waals surface area contributed by atoms with Crippen LogP contribution >= 0.6 is 0 Å². The second-order valence-corrected chi connectivity index (χ2v) is 4.35. The number of aliphatic hydroxyl groups is 2. The molecule has 2 heteroatoms. The number of aliphatic hydroxyl groups excluding tert-OH is 2. The summed E-state index contributed by atoms with van der Waals surface area (Å²) >= 11 is 0. The predicted molar refractivity (Wildman–Crippen MR) is 69.3 cm³/mol. The van der Waals surface area contributed by atoms with E-state index in [1.165, 1.54) is 5.57 Å². The van der Waals surface area contributed by atoms with Crippen LogP contribution in [0.3, 0.4) is 0 Å². The quantitative estimate of drug-likeness (QED) is 0.624. The zero-order chi connectivity index (χ0) is 12.4. The molecule has 0 spiro atoms. The number of hydrogen-bond donors (Lipinski definition) is 2. The summed E-state index contributed by atoms with van der Waals surface area (Å²) in [6, 6.07) is 0. The first-order valence-electron chi connectivity index (χ1n) is 6.23. The molecule has 94 valence electrons. The minimum Gasteiger partial charge on any atom is -0.396 e. The van der Waals surface area contributed by atoms with Gasteiger partial charge >= 0.3 is 0 Å². The molecule has 0 aromatic carbocycles. The third-order valence-corrected chi connectivity index (χ3v) is 2.80. The minimum atomic E-state index is -0.264. The molecule has 0 rings (SSSR count). The van der Waals surface area contributed by atoms with Crippen LogP contribution in [-0.4, -0.2) is 22.9 Å². The lowest BCUT2D eigenvalue weighted by atomic mass is 9.97. The van der Waals surface area contributed by atoms with Crippen molar-refractivity contribution < 1.29 is 10.2 Å². The zero-order valence-electron chi connectivity index (χ0n) is 10.8. The molecule has 0 heterocycles. The first kappa shape index (κ1) is 15.4. The van der Waals surface area contributed by atoms with Gasteiger partial charge in [-0.15, -0.1) is 0 Å². The Kier molecular flexibility index (Phi) is 9.25. The first-order chi connectivity index (χ1) is 7.61. The highest BCUT2D eigenvalue weighted by molar-refractivity contribution is 5.01. The van der Waals surface area contributed by atoms with Crippen LogP contribution in [0.5, 0.6) is 0 Å². The van der Waals surface area contributed by atoms with Gasteiger partial charge < -0.3 is 10.2 Å².